The van der Waals surface area contributed by atoms with Crippen LogP contribution in [0.1, 0.15) is 53.3 Å². The van der Waals surface area contributed by atoms with Crippen molar-refractivity contribution >= 4 is 17.0 Å². The Hall–Kier alpha value is -4.63. The Kier molecular flexibility index (Phi) is 7.90. The fraction of sp³-hybridized carbons (Fsp3) is 0.387. The molecule has 2 fully saturated rings. The maximum atomic E-state index is 14.1. The lowest BCUT2D eigenvalue weighted by molar-refractivity contribution is 0.0697. The van der Waals surface area contributed by atoms with Gasteiger partial charge in [-0.25, -0.2) is 19.2 Å². The van der Waals surface area contributed by atoms with Crippen LogP contribution < -0.4 is 9.47 Å². The molecule has 222 valence electrons. The molecule has 2 aromatic carbocycles. The van der Waals surface area contributed by atoms with Gasteiger partial charge >= 0.3 is 5.97 Å². The van der Waals surface area contributed by atoms with Crippen LogP contribution in [0.25, 0.3) is 11.0 Å². The molecule has 0 amide bonds. The van der Waals surface area contributed by atoms with Crippen molar-refractivity contribution in [2.45, 2.75) is 51.5 Å². The number of rotatable bonds is 11. The number of ether oxygens (including phenoxy) is 2. The molecule has 3 heterocycles. The Bertz CT molecular complexity index is 1690. The van der Waals surface area contributed by atoms with Crippen LogP contribution in [0.2, 0.25) is 0 Å². The van der Waals surface area contributed by atoms with E-state index in [1.807, 2.05) is 10.6 Å². The maximum Gasteiger partial charge on any atom is 0.335 e. The highest BCUT2D eigenvalue weighted by Gasteiger charge is 2.44. The molecular formula is C31H30F2N6O4. The van der Waals surface area contributed by atoms with Crippen molar-refractivity contribution in [2.75, 3.05) is 19.8 Å². The Morgan fingerprint density at radius 1 is 1.14 bits per heavy atom. The summed E-state index contributed by atoms with van der Waals surface area (Å²) in [6.07, 6.45) is 4.64. The molecule has 1 N–H and O–H groups in total. The van der Waals surface area contributed by atoms with Gasteiger partial charge in [0, 0.05) is 37.3 Å². The van der Waals surface area contributed by atoms with E-state index in [1.165, 1.54) is 12.1 Å². The van der Waals surface area contributed by atoms with Gasteiger partial charge in [0.1, 0.15) is 18.5 Å². The van der Waals surface area contributed by atoms with E-state index < -0.39 is 18.5 Å². The van der Waals surface area contributed by atoms with Crippen molar-refractivity contribution in [1.29, 1.82) is 5.26 Å². The highest BCUT2D eigenvalue weighted by molar-refractivity contribution is 5.92. The van der Waals surface area contributed by atoms with Gasteiger partial charge in [-0.1, -0.05) is 0 Å². The van der Waals surface area contributed by atoms with E-state index in [0.29, 0.717) is 30.3 Å². The number of carboxylic acid groups (broad SMARTS) is 1. The van der Waals surface area contributed by atoms with Crippen LogP contribution in [-0.4, -0.2) is 61.4 Å². The van der Waals surface area contributed by atoms with Gasteiger partial charge in [0.05, 0.1) is 41.4 Å². The summed E-state index contributed by atoms with van der Waals surface area (Å²) in [5, 5.41) is 18.4. The van der Waals surface area contributed by atoms with Crippen LogP contribution in [0.3, 0.4) is 0 Å². The van der Waals surface area contributed by atoms with Crippen LogP contribution in [0.4, 0.5) is 8.78 Å². The van der Waals surface area contributed by atoms with E-state index in [9.17, 15) is 18.7 Å². The Morgan fingerprint density at radius 3 is 2.65 bits per heavy atom. The number of imidazole rings is 1. The normalized spacial score (nSPS) is 16.6. The third-order valence-corrected chi connectivity index (χ3v) is 8.09. The molecule has 43 heavy (non-hydrogen) atoms. The second kappa shape index (κ2) is 11.9. The molecule has 1 aliphatic carbocycles. The van der Waals surface area contributed by atoms with E-state index in [4.69, 9.17) is 19.7 Å². The standard InChI is InChI=1S/C31H30F2N6O4/c32-18-31(8-9-31)19-39-25-14-21(30(40)41)2-3-24(25)36-28(39)16-38-11-6-22(7-12-38)43-29-5-10-35-27(37-29)17-42-26-4-1-20(15-34)13-23(26)33/h1-5,10,13-14,22H,6-9,11-12,16-19H2,(H,40,41). The lowest BCUT2D eigenvalue weighted by atomic mass is 10.1. The first-order chi connectivity index (χ1) is 20.8. The fourth-order valence-corrected chi connectivity index (χ4v) is 5.35. The number of aromatic nitrogens is 4. The number of hydrogen-bond acceptors (Lipinski definition) is 8. The molecule has 10 nitrogen and oxygen atoms in total. The second-order valence-corrected chi connectivity index (χ2v) is 11.2. The third-order valence-electron chi connectivity index (χ3n) is 8.09. The van der Waals surface area contributed by atoms with Crippen LogP contribution in [0, 0.1) is 22.6 Å². The van der Waals surface area contributed by atoms with Gasteiger partial charge in [0.15, 0.2) is 17.4 Å². The number of aromatic carboxylic acids is 1. The van der Waals surface area contributed by atoms with E-state index in [0.717, 1.165) is 56.2 Å². The van der Waals surface area contributed by atoms with Crippen molar-refractivity contribution in [2.24, 2.45) is 5.41 Å². The van der Waals surface area contributed by atoms with Gasteiger partial charge in [-0.05, 0) is 62.1 Å². The first-order valence-corrected chi connectivity index (χ1v) is 14.2. The largest absolute Gasteiger partial charge is 0.483 e. The zero-order chi connectivity index (χ0) is 30.0. The van der Waals surface area contributed by atoms with Crippen LogP contribution >= 0.6 is 0 Å². The van der Waals surface area contributed by atoms with Crippen LogP contribution in [-0.2, 0) is 19.7 Å². The van der Waals surface area contributed by atoms with E-state index in [-0.39, 0.29) is 35.0 Å². The first-order valence-electron chi connectivity index (χ1n) is 14.2. The van der Waals surface area contributed by atoms with Crippen molar-refractivity contribution in [3.8, 4) is 17.7 Å². The van der Waals surface area contributed by atoms with Gasteiger partial charge in [-0.3, -0.25) is 9.29 Å². The van der Waals surface area contributed by atoms with E-state index in [1.54, 1.807) is 30.5 Å². The fourth-order valence-electron chi connectivity index (χ4n) is 5.35. The molecular weight excluding hydrogens is 558 g/mol. The molecule has 2 aliphatic rings. The Labute approximate surface area is 246 Å². The number of carboxylic acids is 1. The number of fused-ring (bicyclic) bond motifs is 1. The van der Waals surface area contributed by atoms with Crippen LogP contribution in [0.5, 0.6) is 11.6 Å². The molecule has 4 aromatic rings. The second-order valence-electron chi connectivity index (χ2n) is 11.2. The molecule has 1 saturated heterocycles. The summed E-state index contributed by atoms with van der Waals surface area (Å²) in [4.78, 5) is 27.3. The molecule has 12 heteroatoms. The quantitative estimate of drug-likeness (QED) is 0.260. The highest BCUT2D eigenvalue weighted by atomic mass is 19.1. The van der Waals surface area contributed by atoms with E-state index >= 15 is 0 Å². The molecule has 1 saturated carbocycles. The number of alkyl halides is 1. The number of nitrogens with zero attached hydrogens (tertiary/aromatic N) is 6. The molecule has 0 radical (unpaired) electrons. The Balaban J connectivity index is 1.07. The highest BCUT2D eigenvalue weighted by Crippen LogP contribution is 2.48. The zero-order valence-corrected chi connectivity index (χ0v) is 23.4. The van der Waals surface area contributed by atoms with Crippen molar-refractivity contribution < 1.29 is 28.2 Å². The van der Waals surface area contributed by atoms with Crippen molar-refractivity contribution in [3.63, 3.8) is 0 Å². The number of nitriles is 1. The zero-order valence-electron chi connectivity index (χ0n) is 23.4. The first kappa shape index (κ1) is 28.5. The van der Waals surface area contributed by atoms with Gasteiger partial charge in [-0.2, -0.15) is 10.2 Å². The van der Waals surface area contributed by atoms with E-state index in [2.05, 4.69) is 14.9 Å². The number of likely N-dealkylation sites (tertiary alicyclic amines) is 1. The average molecular weight is 589 g/mol. The number of piperidine rings is 1. The third kappa shape index (κ3) is 6.41. The van der Waals surface area contributed by atoms with Crippen LogP contribution in [0.15, 0.2) is 48.7 Å². The summed E-state index contributed by atoms with van der Waals surface area (Å²) < 4.78 is 41.6. The molecule has 6 rings (SSSR count). The molecule has 1 aliphatic heterocycles. The molecule has 0 unspecified atom stereocenters. The molecule has 0 spiro atoms. The van der Waals surface area contributed by atoms with Gasteiger partial charge in [0.25, 0.3) is 0 Å². The minimum absolute atomic E-state index is 0.00847. The maximum absolute atomic E-state index is 14.1. The number of hydrogen-bond donors (Lipinski definition) is 1. The smallest absolute Gasteiger partial charge is 0.335 e. The topological polar surface area (TPSA) is 126 Å². The minimum atomic E-state index is -1.01. The lowest BCUT2D eigenvalue weighted by Gasteiger charge is -2.31. The van der Waals surface area contributed by atoms with Crippen molar-refractivity contribution in [3.05, 3.63) is 77.3 Å². The number of carbonyl (C=O) groups is 1. The monoisotopic (exact) mass is 588 g/mol. The predicted octanol–water partition coefficient (Wildman–Crippen LogP) is 4.91. The molecule has 2 aromatic heterocycles. The molecule has 0 bridgehead atoms. The molecule has 0 atom stereocenters. The summed E-state index contributed by atoms with van der Waals surface area (Å²) in [6, 6.07) is 12.4. The summed E-state index contributed by atoms with van der Waals surface area (Å²) in [6.45, 7) is 2.08. The summed E-state index contributed by atoms with van der Waals surface area (Å²) in [5.41, 5.74) is 1.43. The predicted molar refractivity (Wildman–Crippen MR) is 151 cm³/mol. The number of benzene rings is 2. The average Bonchev–Trinajstić information content (AvgIpc) is 3.72. The summed E-state index contributed by atoms with van der Waals surface area (Å²) >= 11 is 0. The SMILES string of the molecule is N#Cc1ccc(OCc2nccc(OC3CCN(Cc4nc5ccc(C(=O)O)cc5n4CC4(CF)CC4)CC3)n2)c(F)c1. The summed E-state index contributed by atoms with van der Waals surface area (Å²) in [7, 11) is 0. The lowest BCUT2D eigenvalue weighted by Crippen LogP contribution is -2.38. The van der Waals surface area contributed by atoms with Gasteiger partial charge < -0.3 is 19.1 Å². The van der Waals surface area contributed by atoms with Gasteiger partial charge in [0.2, 0.25) is 5.88 Å². The van der Waals surface area contributed by atoms with Gasteiger partial charge in [-0.15, -0.1) is 0 Å². The minimum Gasteiger partial charge on any atom is -0.483 e. The number of halogens is 2. The Morgan fingerprint density at radius 2 is 1.95 bits per heavy atom. The van der Waals surface area contributed by atoms with Crippen molar-refractivity contribution in [1.82, 2.24) is 24.4 Å². The summed E-state index contributed by atoms with van der Waals surface area (Å²) in [5.74, 6) is -0.0821.